The average Bonchev–Trinajstić information content (AvgIpc) is 3.43. The number of amidine groups is 1. The molecule has 1 aliphatic rings. The van der Waals surface area contributed by atoms with E-state index in [9.17, 15) is 18.5 Å². The highest BCUT2D eigenvalue weighted by atomic mass is 32.2. The number of carbonyl (C=O) groups excluding carboxylic acids is 1. The molecule has 0 saturated heterocycles. The monoisotopic (exact) mass is 465 g/mol. The van der Waals surface area contributed by atoms with Gasteiger partial charge in [0.05, 0.1) is 11.1 Å². The number of nitriles is 1. The van der Waals surface area contributed by atoms with Crippen molar-refractivity contribution in [3.63, 3.8) is 0 Å². The standard InChI is InChI=1S/C22H23N7O3S/c1-14-19(15(2)29-22(26-14)16(12-23)13-25-29)8-9-21(30)27-17-5-3-6-18(11-17)33(31,32)28-20-7-4-10-24-20/h3,5-6,11,13H,4,7-10H2,1-2H3,(H,24,28)(H,27,30). The Kier molecular flexibility index (Phi) is 6.11. The van der Waals surface area contributed by atoms with Crippen molar-refractivity contribution in [3.8, 4) is 6.07 Å². The quantitative estimate of drug-likeness (QED) is 0.572. The van der Waals surface area contributed by atoms with Crippen molar-refractivity contribution in [2.24, 2.45) is 4.99 Å². The second-order valence-corrected chi connectivity index (χ2v) is 9.46. The van der Waals surface area contributed by atoms with Crippen molar-refractivity contribution in [3.05, 3.63) is 53.0 Å². The van der Waals surface area contributed by atoms with Crippen LogP contribution in [0.4, 0.5) is 5.69 Å². The maximum atomic E-state index is 12.6. The highest BCUT2D eigenvalue weighted by Gasteiger charge is 2.19. The summed E-state index contributed by atoms with van der Waals surface area (Å²) in [6, 6.07) is 8.19. The first-order valence-electron chi connectivity index (χ1n) is 10.5. The van der Waals surface area contributed by atoms with E-state index in [-0.39, 0.29) is 17.2 Å². The van der Waals surface area contributed by atoms with Gasteiger partial charge in [0.2, 0.25) is 5.91 Å². The summed E-state index contributed by atoms with van der Waals surface area (Å²) in [6.45, 7) is 4.33. The molecular formula is C22H23N7O3S. The molecule has 2 N–H and O–H groups in total. The van der Waals surface area contributed by atoms with Gasteiger partial charge in [0, 0.05) is 36.5 Å². The normalized spacial score (nSPS) is 13.5. The van der Waals surface area contributed by atoms with Gasteiger partial charge in [0.25, 0.3) is 10.0 Å². The topological polar surface area (TPSA) is 142 Å². The van der Waals surface area contributed by atoms with Gasteiger partial charge in [-0.25, -0.2) is 17.9 Å². The summed E-state index contributed by atoms with van der Waals surface area (Å²) in [5.41, 5.74) is 3.72. The molecule has 11 heteroatoms. The number of benzene rings is 1. The van der Waals surface area contributed by atoms with Crippen LogP contribution in [0.3, 0.4) is 0 Å². The van der Waals surface area contributed by atoms with Gasteiger partial charge in [0.15, 0.2) is 5.65 Å². The third-order valence-corrected chi connectivity index (χ3v) is 6.86. The number of hydrogen-bond acceptors (Lipinski definition) is 7. The number of aryl methyl sites for hydroxylation is 2. The Balaban J connectivity index is 1.45. The molecule has 4 rings (SSSR count). The van der Waals surface area contributed by atoms with Gasteiger partial charge in [-0.05, 0) is 50.5 Å². The van der Waals surface area contributed by atoms with Gasteiger partial charge in [-0.15, -0.1) is 0 Å². The van der Waals surface area contributed by atoms with Crippen LogP contribution in [0, 0.1) is 25.2 Å². The van der Waals surface area contributed by atoms with Crippen molar-refractivity contribution in [2.45, 2.75) is 44.4 Å². The lowest BCUT2D eigenvalue weighted by molar-refractivity contribution is -0.116. The minimum atomic E-state index is -3.76. The Labute approximate surface area is 191 Å². The number of amides is 1. The van der Waals surface area contributed by atoms with E-state index < -0.39 is 10.0 Å². The van der Waals surface area contributed by atoms with Crippen LogP contribution in [-0.4, -0.2) is 41.3 Å². The highest BCUT2D eigenvalue weighted by molar-refractivity contribution is 7.90. The molecule has 3 heterocycles. The van der Waals surface area contributed by atoms with Gasteiger partial charge < -0.3 is 5.32 Å². The van der Waals surface area contributed by atoms with Crippen molar-refractivity contribution < 1.29 is 13.2 Å². The molecule has 170 valence electrons. The van der Waals surface area contributed by atoms with Crippen molar-refractivity contribution in [1.82, 2.24) is 19.3 Å². The van der Waals surface area contributed by atoms with Gasteiger partial charge in [0.1, 0.15) is 17.5 Å². The molecule has 0 aliphatic carbocycles. The molecule has 0 fully saturated rings. The number of aromatic nitrogens is 3. The summed E-state index contributed by atoms with van der Waals surface area (Å²) >= 11 is 0. The summed E-state index contributed by atoms with van der Waals surface area (Å²) in [5, 5.41) is 16.2. The van der Waals surface area contributed by atoms with Crippen LogP contribution in [0.2, 0.25) is 0 Å². The Bertz CT molecular complexity index is 1420. The molecule has 10 nitrogen and oxygen atoms in total. The fourth-order valence-corrected chi connectivity index (χ4v) is 4.93. The molecule has 1 aromatic carbocycles. The number of fused-ring (bicyclic) bond motifs is 1. The van der Waals surface area contributed by atoms with E-state index in [0.29, 0.717) is 42.1 Å². The van der Waals surface area contributed by atoms with Crippen LogP contribution < -0.4 is 10.0 Å². The number of sulfonamides is 1. The third kappa shape index (κ3) is 4.70. The van der Waals surface area contributed by atoms with Gasteiger partial charge in [-0.2, -0.15) is 10.4 Å². The molecule has 0 saturated carbocycles. The minimum absolute atomic E-state index is 0.0585. The smallest absolute Gasteiger partial charge is 0.262 e. The SMILES string of the molecule is Cc1nc2c(C#N)cnn2c(C)c1CCC(=O)Nc1cccc(S(=O)(=O)NC2=NCCC2)c1. The van der Waals surface area contributed by atoms with Crippen LogP contribution >= 0.6 is 0 Å². The van der Waals surface area contributed by atoms with Crippen LogP contribution in [0.15, 0.2) is 40.4 Å². The zero-order valence-electron chi connectivity index (χ0n) is 18.3. The lowest BCUT2D eigenvalue weighted by Gasteiger charge is -2.12. The van der Waals surface area contributed by atoms with Crippen molar-refractivity contribution >= 4 is 33.1 Å². The van der Waals surface area contributed by atoms with Crippen LogP contribution in [0.5, 0.6) is 0 Å². The number of nitrogens with zero attached hydrogens (tertiary/aromatic N) is 5. The second kappa shape index (κ2) is 8.99. The Morgan fingerprint density at radius 3 is 2.85 bits per heavy atom. The molecular weight excluding hydrogens is 442 g/mol. The highest BCUT2D eigenvalue weighted by Crippen LogP contribution is 2.20. The molecule has 33 heavy (non-hydrogen) atoms. The number of anilines is 1. The predicted molar refractivity (Wildman–Crippen MR) is 122 cm³/mol. The van der Waals surface area contributed by atoms with E-state index in [0.717, 1.165) is 23.4 Å². The number of rotatable bonds is 6. The zero-order valence-corrected chi connectivity index (χ0v) is 19.1. The lowest BCUT2D eigenvalue weighted by atomic mass is 10.1. The maximum Gasteiger partial charge on any atom is 0.262 e. The molecule has 0 radical (unpaired) electrons. The maximum absolute atomic E-state index is 12.6. The fourth-order valence-electron chi connectivity index (χ4n) is 3.79. The van der Waals surface area contributed by atoms with E-state index in [1.807, 2.05) is 13.8 Å². The molecule has 0 bridgehead atoms. The molecule has 1 amide bonds. The second-order valence-electron chi connectivity index (χ2n) is 7.78. The first-order chi connectivity index (χ1) is 15.8. The predicted octanol–water partition coefficient (Wildman–Crippen LogP) is 2.26. The van der Waals surface area contributed by atoms with Crippen LogP contribution in [-0.2, 0) is 21.2 Å². The third-order valence-electron chi connectivity index (χ3n) is 5.49. The van der Waals surface area contributed by atoms with E-state index in [2.05, 4.69) is 31.2 Å². The van der Waals surface area contributed by atoms with Gasteiger partial charge >= 0.3 is 0 Å². The molecule has 1 aliphatic heterocycles. The van der Waals surface area contributed by atoms with E-state index >= 15 is 0 Å². The number of carbonyl (C=O) groups is 1. The van der Waals surface area contributed by atoms with Crippen LogP contribution in [0.25, 0.3) is 5.65 Å². The molecule has 0 spiro atoms. The molecule has 2 aromatic heterocycles. The van der Waals surface area contributed by atoms with Gasteiger partial charge in [-0.1, -0.05) is 6.07 Å². The first-order valence-corrected chi connectivity index (χ1v) is 12.0. The fraction of sp³-hybridized carbons (Fsp3) is 0.318. The van der Waals surface area contributed by atoms with E-state index in [1.54, 1.807) is 16.6 Å². The van der Waals surface area contributed by atoms with E-state index in [1.165, 1.54) is 18.3 Å². The summed E-state index contributed by atoms with van der Waals surface area (Å²) in [4.78, 5) is 21.3. The first kappa shape index (κ1) is 22.4. The number of hydrogen-bond donors (Lipinski definition) is 2. The lowest BCUT2D eigenvalue weighted by Crippen LogP contribution is -2.29. The molecule has 3 aromatic rings. The molecule has 0 unspecified atom stereocenters. The number of aliphatic imine (C=N–C) groups is 1. The zero-order chi connectivity index (χ0) is 23.6. The Morgan fingerprint density at radius 2 is 2.12 bits per heavy atom. The summed E-state index contributed by atoms with van der Waals surface area (Å²) in [6.07, 6.45) is 3.50. The average molecular weight is 466 g/mol. The summed E-state index contributed by atoms with van der Waals surface area (Å²) in [5.74, 6) is 0.203. The summed E-state index contributed by atoms with van der Waals surface area (Å²) in [7, 11) is -3.76. The van der Waals surface area contributed by atoms with Crippen molar-refractivity contribution in [2.75, 3.05) is 11.9 Å². The van der Waals surface area contributed by atoms with Gasteiger partial charge in [-0.3, -0.25) is 14.5 Å². The Hall–Kier alpha value is -3.78. The minimum Gasteiger partial charge on any atom is -0.326 e. The van der Waals surface area contributed by atoms with E-state index in [4.69, 9.17) is 0 Å². The summed E-state index contributed by atoms with van der Waals surface area (Å²) < 4.78 is 29.3. The number of nitrogens with one attached hydrogen (secondary N) is 2. The largest absolute Gasteiger partial charge is 0.326 e. The Morgan fingerprint density at radius 1 is 1.30 bits per heavy atom. The van der Waals surface area contributed by atoms with Crippen molar-refractivity contribution in [1.29, 1.82) is 5.26 Å². The molecule has 0 atom stereocenters. The van der Waals surface area contributed by atoms with Crippen LogP contribution in [0.1, 0.15) is 41.8 Å².